The summed E-state index contributed by atoms with van der Waals surface area (Å²) in [6.45, 7) is 6.72. The number of aromatic nitrogens is 3. The van der Waals surface area contributed by atoms with Crippen molar-refractivity contribution in [1.82, 2.24) is 19.7 Å². The molecule has 2 aromatic heterocycles. The Kier molecular flexibility index (Phi) is 4.57. The van der Waals surface area contributed by atoms with Gasteiger partial charge in [0.15, 0.2) is 0 Å². The van der Waals surface area contributed by atoms with Crippen LogP contribution in [0, 0.1) is 0 Å². The average Bonchev–Trinajstić information content (AvgIpc) is 3.22. The SMILES string of the molecule is CCc1ccsc1C(=O)N1CCC(c2nncn2CC)CC1. The first-order valence-corrected chi connectivity index (χ1v) is 8.85. The second-order valence-corrected chi connectivity index (χ2v) is 6.59. The van der Waals surface area contributed by atoms with E-state index in [1.165, 1.54) is 5.56 Å². The lowest BCUT2D eigenvalue weighted by Gasteiger charge is -2.31. The number of likely N-dealkylation sites (tertiary alicyclic amines) is 1. The third kappa shape index (κ3) is 2.79. The van der Waals surface area contributed by atoms with Crippen LogP contribution in [0.25, 0.3) is 0 Å². The molecule has 0 aromatic carbocycles. The standard InChI is InChI=1S/C16H22N4OS/c1-3-12-7-10-22-14(12)16(21)20-8-5-13(6-9-20)15-18-17-11-19(15)4-2/h7,10-11,13H,3-6,8-9H2,1-2H3. The smallest absolute Gasteiger partial charge is 0.264 e. The van der Waals surface area contributed by atoms with E-state index in [9.17, 15) is 4.79 Å². The second kappa shape index (κ2) is 6.60. The predicted octanol–water partition coefficient (Wildman–Crippen LogP) is 2.94. The minimum absolute atomic E-state index is 0.197. The highest BCUT2D eigenvalue weighted by Gasteiger charge is 2.28. The summed E-state index contributed by atoms with van der Waals surface area (Å²) in [4.78, 5) is 15.6. The summed E-state index contributed by atoms with van der Waals surface area (Å²) < 4.78 is 2.11. The molecule has 1 aliphatic rings. The minimum Gasteiger partial charge on any atom is -0.338 e. The van der Waals surface area contributed by atoms with E-state index in [-0.39, 0.29) is 5.91 Å². The molecule has 1 fully saturated rings. The number of carbonyl (C=O) groups is 1. The van der Waals surface area contributed by atoms with E-state index in [4.69, 9.17) is 0 Å². The molecule has 22 heavy (non-hydrogen) atoms. The van der Waals surface area contributed by atoms with Crippen LogP contribution in [0.1, 0.15) is 53.7 Å². The summed E-state index contributed by atoms with van der Waals surface area (Å²) >= 11 is 1.56. The lowest BCUT2D eigenvalue weighted by molar-refractivity contribution is 0.0714. The molecule has 5 nitrogen and oxygen atoms in total. The lowest BCUT2D eigenvalue weighted by atomic mass is 9.95. The maximum Gasteiger partial charge on any atom is 0.264 e. The van der Waals surface area contributed by atoms with E-state index < -0.39 is 0 Å². The Labute approximate surface area is 135 Å². The monoisotopic (exact) mass is 318 g/mol. The molecule has 0 spiro atoms. The van der Waals surface area contributed by atoms with Gasteiger partial charge in [-0.05, 0) is 43.2 Å². The summed E-state index contributed by atoms with van der Waals surface area (Å²) in [6.07, 6.45) is 4.65. The van der Waals surface area contributed by atoms with Gasteiger partial charge in [0.1, 0.15) is 12.2 Å². The maximum atomic E-state index is 12.7. The molecule has 3 rings (SSSR count). The molecule has 0 bridgehead atoms. The highest BCUT2D eigenvalue weighted by atomic mass is 32.1. The molecule has 118 valence electrons. The Balaban J connectivity index is 1.66. The van der Waals surface area contributed by atoms with E-state index in [0.29, 0.717) is 5.92 Å². The lowest BCUT2D eigenvalue weighted by Crippen LogP contribution is -2.38. The van der Waals surface area contributed by atoms with Gasteiger partial charge in [0.2, 0.25) is 0 Å². The Morgan fingerprint density at radius 1 is 1.36 bits per heavy atom. The molecule has 6 heteroatoms. The van der Waals surface area contributed by atoms with Crippen LogP contribution in [0.2, 0.25) is 0 Å². The number of carbonyl (C=O) groups excluding carboxylic acids is 1. The van der Waals surface area contributed by atoms with Crippen molar-refractivity contribution in [2.45, 2.75) is 45.6 Å². The topological polar surface area (TPSA) is 51.0 Å². The van der Waals surface area contributed by atoms with Gasteiger partial charge in [-0.25, -0.2) is 0 Å². The molecule has 0 atom stereocenters. The molecule has 3 heterocycles. The molecule has 1 saturated heterocycles. The number of rotatable bonds is 4. The van der Waals surface area contributed by atoms with Gasteiger partial charge in [-0.3, -0.25) is 4.79 Å². The minimum atomic E-state index is 0.197. The molecule has 0 aliphatic carbocycles. The van der Waals surface area contributed by atoms with Gasteiger partial charge < -0.3 is 9.47 Å². The fourth-order valence-electron chi connectivity index (χ4n) is 3.11. The summed E-state index contributed by atoms with van der Waals surface area (Å²) in [6, 6.07) is 2.06. The molecular weight excluding hydrogens is 296 g/mol. The van der Waals surface area contributed by atoms with Gasteiger partial charge in [-0.2, -0.15) is 0 Å². The Morgan fingerprint density at radius 2 is 2.14 bits per heavy atom. The van der Waals surface area contributed by atoms with E-state index >= 15 is 0 Å². The van der Waals surface area contributed by atoms with Crippen molar-refractivity contribution in [3.8, 4) is 0 Å². The van der Waals surface area contributed by atoms with Crippen LogP contribution in [0.5, 0.6) is 0 Å². The van der Waals surface area contributed by atoms with Gasteiger partial charge >= 0.3 is 0 Å². The number of piperidine rings is 1. The summed E-state index contributed by atoms with van der Waals surface area (Å²) in [5.41, 5.74) is 1.17. The number of aryl methyl sites for hydroxylation is 2. The Hall–Kier alpha value is -1.69. The summed E-state index contributed by atoms with van der Waals surface area (Å²) in [7, 11) is 0. The van der Waals surface area contributed by atoms with Crippen molar-refractivity contribution in [3.05, 3.63) is 34.0 Å². The Morgan fingerprint density at radius 3 is 2.82 bits per heavy atom. The van der Waals surface area contributed by atoms with Crippen LogP contribution in [0.3, 0.4) is 0 Å². The summed E-state index contributed by atoms with van der Waals surface area (Å²) in [5.74, 6) is 1.68. The quantitative estimate of drug-likeness (QED) is 0.871. The van der Waals surface area contributed by atoms with Crippen LogP contribution < -0.4 is 0 Å². The van der Waals surface area contributed by atoms with Crippen molar-refractivity contribution in [1.29, 1.82) is 0 Å². The zero-order chi connectivity index (χ0) is 15.5. The number of amides is 1. The Bertz CT molecular complexity index is 640. The van der Waals surface area contributed by atoms with Crippen LogP contribution in [0.4, 0.5) is 0 Å². The van der Waals surface area contributed by atoms with Crippen LogP contribution in [-0.4, -0.2) is 38.7 Å². The van der Waals surface area contributed by atoms with Crippen LogP contribution in [0.15, 0.2) is 17.8 Å². The van der Waals surface area contributed by atoms with E-state index in [1.807, 2.05) is 10.3 Å². The predicted molar refractivity (Wildman–Crippen MR) is 87.3 cm³/mol. The number of hydrogen-bond donors (Lipinski definition) is 0. The van der Waals surface area contributed by atoms with E-state index in [0.717, 1.165) is 49.6 Å². The number of hydrogen-bond acceptors (Lipinski definition) is 4. The van der Waals surface area contributed by atoms with Crippen LogP contribution in [-0.2, 0) is 13.0 Å². The first-order valence-electron chi connectivity index (χ1n) is 7.97. The van der Waals surface area contributed by atoms with Crippen molar-refractivity contribution in [2.75, 3.05) is 13.1 Å². The first kappa shape index (κ1) is 15.2. The fraction of sp³-hybridized carbons (Fsp3) is 0.562. The van der Waals surface area contributed by atoms with Gasteiger partial charge in [-0.1, -0.05) is 6.92 Å². The zero-order valence-electron chi connectivity index (χ0n) is 13.2. The molecule has 0 unspecified atom stereocenters. The normalized spacial score (nSPS) is 16.2. The second-order valence-electron chi connectivity index (χ2n) is 5.67. The molecular formula is C16H22N4OS. The van der Waals surface area contributed by atoms with E-state index in [1.54, 1.807) is 17.7 Å². The molecule has 1 aliphatic heterocycles. The molecule has 1 amide bonds. The zero-order valence-corrected chi connectivity index (χ0v) is 14.0. The van der Waals surface area contributed by atoms with Gasteiger partial charge in [0, 0.05) is 25.6 Å². The third-order valence-electron chi connectivity index (χ3n) is 4.46. The van der Waals surface area contributed by atoms with Crippen molar-refractivity contribution in [3.63, 3.8) is 0 Å². The molecule has 0 saturated carbocycles. The van der Waals surface area contributed by atoms with Crippen molar-refractivity contribution < 1.29 is 4.79 Å². The highest BCUT2D eigenvalue weighted by molar-refractivity contribution is 7.12. The summed E-state index contributed by atoms with van der Waals surface area (Å²) in [5, 5.41) is 10.3. The number of thiophene rings is 1. The fourth-order valence-corrected chi connectivity index (χ4v) is 4.07. The van der Waals surface area contributed by atoms with Gasteiger partial charge in [-0.15, -0.1) is 21.5 Å². The number of nitrogens with zero attached hydrogens (tertiary/aromatic N) is 4. The molecule has 0 radical (unpaired) electrons. The van der Waals surface area contributed by atoms with Crippen molar-refractivity contribution in [2.24, 2.45) is 0 Å². The van der Waals surface area contributed by atoms with Crippen molar-refractivity contribution >= 4 is 17.2 Å². The molecule has 2 aromatic rings. The van der Waals surface area contributed by atoms with Gasteiger partial charge in [0.05, 0.1) is 4.88 Å². The van der Waals surface area contributed by atoms with Gasteiger partial charge in [0.25, 0.3) is 5.91 Å². The van der Waals surface area contributed by atoms with E-state index in [2.05, 4.69) is 34.7 Å². The third-order valence-corrected chi connectivity index (χ3v) is 5.40. The first-order chi connectivity index (χ1) is 10.7. The molecule has 0 N–H and O–H groups in total. The maximum absolute atomic E-state index is 12.7. The largest absolute Gasteiger partial charge is 0.338 e. The highest BCUT2D eigenvalue weighted by Crippen LogP contribution is 2.28. The average molecular weight is 318 g/mol. The van der Waals surface area contributed by atoms with Crippen LogP contribution >= 0.6 is 11.3 Å².